The summed E-state index contributed by atoms with van der Waals surface area (Å²) < 4.78 is 1.92. The van der Waals surface area contributed by atoms with Gasteiger partial charge in [0.25, 0.3) is 0 Å². The van der Waals surface area contributed by atoms with E-state index >= 15 is 0 Å². The average molecular weight is 287 g/mol. The number of hydrogen-bond acceptors (Lipinski definition) is 4. The topological polar surface area (TPSA) is 69.6 Å². The fourth-order valence-corrected chi connectivity index (χ4v) is 2.56. The van der Waals surface area contributed by atoms with E-state index in [4.69, 9.17) is 5.73 Å². The van der Waals surface area contributed by atoms with Gasteiger partial charge >= 0.3 is 0 Å². The van der Waals surface area contributed by atoms with Crippen LogP contribution < -0.4 is 5.73 Å². The summed E-state index contributed by atoms with van der Waals surface area (Å²) in [7, 11) is 0. The van der Waals surface area contributed by atoms with Gasteiger partial charge < -0.3 is 5.73 Å². The molecule has 0 aliphatic carbocycles. The van der Waals surface area contributed by atoms with Gasteiger partial charge in [0.1, 0.15) is 11.2 Å². The van der Waals surface area contributed by atoms with Crippen molar-refractivity contribution in [2.24, 2.45) is 0 Å². The SMILES string of the molecule is Nc1nc2c(-c3ccccn3)nccc2n1-c1ccccc1. The summed E-state index contributed by atoms with van der Waals surface area (Å²) in [6.45, 7) is 0. The maximum Gasteiger partial charge on any atom is 0.206 e. The van der Waals surface area contributed by atoms with Crippen molar-refractivity contribution in [3.05, 3.63) is 67.0 Å². The summed E-state index contributed by atoms with van der Waals surface area (Å²) in [6, 6.07) is 17.6. The molecular formula is C17H13N5. The van der Waals surface area contributed by atoms with E-state index in [0.29, 0.717) is 5.95 Å². The Bertz CT molecular complexity index is 929. The Morgan fingerprint density at radius 1 is 0.818 bits per heavy atom. The Morgan fingerprint density at radius 3 is 2.41 bits per heavy atom. The van der Waals surface area contributed by atoms with Crippen LogP contribution in [-0.2, 0) is 0 Å². The molecule has 0 radical (unpaired) electrons. The number of aromatic nitrogens is 4. The van der Waals surface area contributed by atoms with Gasteiger partial charge in [-0.15, -0.1) is 0 Å². The van der Waals surface area contributed by atoms with Crippen LogP contribution in [0, 0.1) is 0 Å². The molecule has 22 heavy (non-hydrogen) atoms. The lowest BCUT2D eigenvalue weighted by atomic mass is 10.2. The van der Waals surface area contributed by atoms with Gasteiger partial charge in [-0.3, -0.25) is 14.5 Å². The second-order valence-electron chi connectivity index (χ2n) is 4.88. The molecule has 0 fully saturated rings. The van der Waals surface area contributed by atoms with E-state index in [2.05, 4.69) is 15.0 Å². The van der Waals surface area contributed by atoms with Gasteiger partial charge in [-0.25, -0.2) is 4.98 Å². The van der Waals surface area contributed by atoms with Crippen molar-refractivity contribution >= 4 is 17.0 Å². The van der Waals surface area contributed by atoms with Crippen molar-refractivity contribution in [2.45, 2.75) is 0 Å². The first-order valence-electron chi connectivity index (χ1n) is 6.94. The number of benzene rings is 1. The van der Waals surface area contributed by atoms with Gasteiger partial charge in [-0.05, 0) is 30.3 Å². The van der Waals surface area contributed by atoms with E-state index in [9.17, 15) is 0 Å². The number of para-hydroxylation sites is 1. The van der Waals surface area contributed by atoms with E-state index < -0.39 is 0 Å². The van der Waals surface area contributed by atoms with Crippen LogP contribution in [0.1, 0.15) is 0 Å². The zero-order chi connectivity index (χ0) is 14.9. The van der Waals surface area contributed by atoms with Gasteiger partial charge in [-0.2, -0.15) is 0 Å². The van der Waals surface area contributed by atoms with Crippen molar-refractivity contribution in [3.8, 4) is 17.1 Å². The van der Waals surface area contributed by atoms with Gasteiger partial charge in [0.2, 0.25) is 5.95 Å². The zero-order valence-electron chi connectivity index (χ0n) is 11.7. The minimum atomic E-state index is 0.436. The predicted molar refractivity (Wildman–Crippen MR) is 86.5 cm³/mol. The van der Waals surface area contributed by atoms with Crippen molar-refractivity contribution in [1.82, 2.24) is 19.5 Å². The highest BCUT2D eigenvalue weighted by Crippen LogP contribution is 2.28. The van der Waals surface area contributed by atoms with Crippen molar-refractivity contribution in [1.29, 1.82) is 0 Å². The number of nitrogens with two attached hydrogens (primary N) is 1. The summed E-state index contributed by atoms with van der Waals surface area (Å²) in [5.74, 6) is 0.436. The van der Waals surface area contributed by atoms with Crippen LogP contribution in [0.25, 0.3) is 28.1 Å². The van der Waals surface area contributed by atoms with Gasteiger partial charge in [-0.1, -0.05) is 24.3 Å². The molecule has 4 rings (SSSR count). The Kier molecular flexibility index (Phi) is 2.83. The van der Waals surface area contributed by atoms with E-state index in [1.165, 1.54) is 0 Å². The lowest BCUT2D eigenvalue weighted by molar-refractivity contribution is 1.11. The molecule has 1 aromatic carbocycles. The van der Waals surface area contributed by atoms with Gasteiger partial charge in [0.15, 0.2) is 0 Å². The Hall–Kier alpha value is -3.21. The molecule has 3 heterocycles. The molecule has 106 valence electrons. The first-order chi connectivity index (χ1) is 10.8. The number of pyridine rings is 2. The largest absolute Gasteiger partial charge is 0.369 e. The van der Waals surface area contributed by atoms with Gasteiger partial charge in [0.05, 0.1) is 11.2 Å². The molecule has 0 bridgehead atoms. The molecule has 0 saturated heterocycles. The van der Waals surface area contributed by atoms with E-state index in [1.54, 1.807) is 12.4 Å². The Labute approximate surface area is 127 Å². The number of hydrogen-bond donors (Lipinski definition) is 1. The molecule has 3 aromatic heterocycles. The first-order valence-corrected chi connectivity index (χ1v) is 6.94. The number of nitrogen functional groups attached to an aromatic ring is 1. The van der Waals surface area contributed by atoms with Crippen LogP contribution >= 0.6 is 0 Å². The van der Waals surface area contributed by atoms with Crippen molar-refractivity contribution in [3.63, 3.8) is 0 Å². The summed E-state index contributed by atoms with van der Waals surface area (Å²) in [6.07, 6.45) is 3.50. The molecule has 0 aliphatic rings. The van der Waals surface area contributed by atoms with Crippen LogP contribution in [0.4, 0.5) is 5.95 Å². The third-order valence-corrected chi connectivity index (χ3v) is 3.52. The van der Waals surface area contributed by atoms with E-state index in [1.807, 2.05) is 59.2 Å². The average Bonchev–Trinajstić information content (AvgIpc) is 2.92. The summed E-state index contributed by atoms with van der Waals surface area (Å²) in [4.78, 5) is 13.3. The third-order valence-electron chi connectivity index (χ3n) is 3.52. The standard InChI is InChI=1S/C17H13N5/c18-17-21-16-14(22(17)12-6-2-1-3-7-12)9-11-20-15(16)13-8-4-5-10-19-13/h1-11H,(H2,18,21). The summed E-state index contributed by atoms with van der Waals surface area (Å²) in [5.41, 5.74) is 10.3. The summed E-state index contributed by atoms with van der Waals surface area (Å²) in [5, 5.41) is 0. The fraction of sp³-hybridized carbons (Fsp3) is 0. The second-order valence-corrected chi connectivity index (χ2v) is 4.88. The highest BCUT2D eigenvalue weighted by molar-refractivity contribution is 5.91. The Balaban J connectivity index is 2.01. The van der Waals surface area contributed by atoms with Crippen LogP contribution in [0.3, 0.4) is 0 Å². The minimum absolute atomic E-state index is 0.436. The number of anilines is 1. The Morgan fingerprint density at radius 2 is 1.64 bits per heavy atom. The molecule has 5 heteroatoms. The highest BCUT2D eigenvalue weighted by Gasteiger charge is 2.15. The normalized spacial score (nSPS) is 10.9. The minimum Gasteiger partial charge on any atom is -0.369 e. The molecule has 2 N–H and O–H groups in total. The molecule has 0 atom stereocenters. The second kappa shape index (κ2) is 4.96. The molecule has 0 unspecified atom stereocenters. The molecule has 0 aliphatic heterocycles. The molecular weight excluding hydrogens is 274 g/mol. The van der Waals surface area contributed by atoms with Crippen LogP contribution in [-0.4, -0.2) is 19.5 Å². The fourth-order valence-electron chi connectivity index (χ4n) is 2.56. The molecule has 0 amide bonds. The highest BCUT2D eigenvalue weighted by atomic mass is 15.2. The maximum atomic E-state index is 6.14. The number of imidazole rings is 1. The van der Waals surface area contributed by atoms with Crippen LogP contribution in [0.5, 0.6) is 0 Å². The maximum absolute atomic E-state index is 6.14. The molecule has 5 nitrogen and oxygen atoms in total. The number of fused-ring (bicyclic) bond motifs is 1. The summed E-state index contributed by atoms with van der Waals surface area (Å²) >= 11 is 0. The number of rotatable bonds is 2. The van der Waals surface area contributed by atoms with Crippen molar-refractivity contribution < 1.29 is 0 Å². The van der Waals surface area contributed by atoms with Crippen LogP contribution in [0.15, 0.2) is 67.0 Å². The smallest absolute Gasteiger partial charge is 0.206 e. The quantitative estimate of drug-likeness (QED) is 0.615. The predicted octanol–water partition coefficient (Wildman–Crippen LogP) is 3.06. The molecule has 4 aromatic rings. The third kappa shape index (κ3) is 1.91. The lowest BCUT2D eigenvalue weighted by Gasteiger charge is -2.06. The van der Waals surface area contributed by atoms with Crippen molar-refractivity contribution in [2.75, 3.05) is 5.73 Å². The number of nitrogens with zero attached hydrogens (tertiary/aromatic N) is 4. The first kappa shape index (κ1) is 12.5. The van der Waals surface area contributed by atoms with E-state index in [-0.39, 0.29) is 0 Å². The molecule has 0 saturated carbocycles. The molecule has 0 spiro atoms. The van der Waals surface area contributed by atoms with E-state index in [0.717, 1.165) is 28.1 Å². The monoisotopic (exact) mass is 287 g/mol. The van der Waals surface area contributed by atoms with Gasteiger partial charge in [0, 0.05) is 18.1 Å². The van der Waals surface area contributed by atoms with Crippen LogP contribution in [0.2, 0.25) is 0 Å². The zero-order valence-corrected chi connectivity index (χ0v) is 11.7. The lowest BCUT2D eigenvalue weighted by Crippen LogP contribution is -2.00.